The molecule has 0 amide bonds. The van der Waals surface area contributed by atoms with Gasteiger partial charge in [-0.15, -0.1) is 0 Å². The first kappa shape index (κ1) is 12.2. The molecule has 72 valence electrons. The van der Waals surface area contributed by atoms with Crippen molar-refractivity contribution in [3.05, 3.63) is 28.7 Å². The summed E-state index contributed by atoms with van der Waals surface area (Å²) in [6.45, 7) is 1.81. The Labute approximate surface area is 87.0 Å². The lowest BCUT2D eigenvalue weighted by atomic mass is 10.3. The molecule has 0 N–H and O–H groups in total. The van der Waals surface area contributed by atoms with E-state index in [0.29, 0.717) is 6.42 Å². The maximum absolute atomic E-state index is 9.17. The third kappa shape index (κ3) is 6.34. The molecule has 0 radical (unpaired) electrons. The average molecular weight is 245 g/mol. The summed E-state index contributed by atoms with van der Waals surface area (Å²) in [6, 6.07) is 7.70. The van der Waals surface area contributed by atoms with Crippen LogP contribution in [-0.2, 0) is 4.79 Å². The van der Waals surface area contributed by atoms with Crippen molar-refractivity contribution >= 4 is 22.2 Å². The highest BCUT2D eigenvalue weighted by Gasteiger charge is 1.86. The van der Waals surface area contributed by atoms with E-state index in [1.165, 1.54) is 0 Å². The Bertz CT molecular complexity index is 231. The highest BCUT2D eigenvalue weighted by atomic mass is 79.9. The Morgan fingerprint density at radius 3 is 2.15 bits per heavy atom. The molecule has 0 saturated heterocycles. The highest BCUT2D eigenvalue weighted by Crippen LogP contribution is 2.14. The molecule has 0 aliphatic carbocycles. The quantitative estimate of drug-likeness (QED) is 0.748. The zero-order valence-electron chi connectivity index (χ0n) is 7.79. The molecule has 2 nitrogen and oxygen atoms in total. The molecule has 1 rings (SSSR count). The summed E-state index contributed by atoms with van der Waals surface area (Å²) >= 11 is 3.32. The lowest BCUT2D eigenvalue weighted by Crippen LogP contribution is -1.79. The van der Waals surface area contributed by atoms with E-state index in [9.17, 15) is 4.79 Å². The molecule has 0 unspecified atom stereocenters. The van der Waals surface area contributed by atoms with Gasteiger partial charge in [0.15, 0.2) is 0 Å². The number of halogens is 1. The number of carbonyl (C=O) groups excluding carboxylic acids is 1. The van der Waals surface area contributed by atoms with Gasteiger partial charge < -0.3 is 9.53 Å². The van der Waals surface area contributed by atoms with Crippen LogP contribution < -0.4 is 4.74 Å². The normalized spacial score (nSPS) is 8.23. The lowest BCUT2D eigenvalue weighted by Gasteiger charge is -1.96. The first-order chi connectivity index (χ1) is 6.24. The molecule has 0 aliphatic rings. The van der Waals surface area contributed by atoms with E-state index in [1.54, 1.807) is 7.11 Å². The first-order valence-electron chi connectivity index (χ1n) is 3.97. The second kappa shape index (κ2) is 7.80. The number of methoxy groups -OCH3 is 1. The number of aldehydes is 1. The smallest absolute Gasteiger partial charge is 0.119 e. The van der Waals surface area contributed by atoms with Gasteiger partial charge in [-0.25, -0.2) is 0 Å². The minimum atomic E-state index is 0.639. The maximum atomic E-state index is 9.17. The fraction of sp³-hybridized carbons (Fsp3) is 0.300. The zero-order chi connectivity index (χ0) is 10.1. The first-order valence-corrected chi connectivity index (χ1v) is 4.77. The third-order valence-electron chi connectivity index (χ3n) is 1.22. The van der Waals surface area contributed by atoms with Crippen molar-refractivity contribution in [3.8, 4) is 5.75 Å². The van der Waals surface area contributed by atoms with Crippen LogP contribution in [0, 0.1) is 0 Å². The molecule has 3 heteroatoms. The lowest BCUT2D eigenvalue weighted by molar-refractivity contribution is -0.107. The van der Waals surface area contributed by atoms with E-state index in [2.05, 4.69) is 15.9 Å². The van der Waals surface area contributed by atoms with E-state index in [1.807, 2.05) is 31.2 Å². The second-order valence-corrected chi connectivity index (χ2v) is 3.15. The van der Waals surface area contributed by atoms with Gasteiger partial charge in [0, 0.05) is 10.9 Å². The van der Waals surface area contributed by atoms with Gasteiger partial charge in [0.25, 0.3) is 0 Å². The van der Waals surface area contributed by atoms with Crippen molar-refractivity contribution in [2.24, 2.45) is 0 Å². The number of carbonyl (C=O) groups is 1. The molecule has 0 spiro atoms. The van der Waals surface area contributed by atoms with E-state index >= 15 is 0 Å². The third-order valence-corrected chi connectivity index (χ3v) is 1.74. The number of hydrogen-bond acceptors (Lipinski definition) is 2. The molecule has 0 aromatic heterocycles. The minimum Gasteiger partial charge on any atom is -0.497 e. The maximum Gasteiger partial charge on any atom is 0.119 e. The predicted molar refractivity (Wildman–Crippen MR) is 57.0 cm³/mol. The fourth-order valence-corrected chi connectivity index (χ4v) is 0.835. The van der Waals surface area contributed by atoms with Crippen LogP contribution >= 0.6 is 15.9 Å². The molecule has 0 saturated carbocycles. The van der Waals surface area contributed by atoms with E-state index in [4.69, 9.17) is 4.74 Å². The van der Waals surface area contributed by atoms with Crippen molar-refractivity contribution in [2.45, 2.75) is 13.3 Å². The molecule has 0 atom stereocenters. The Morgan fingerprint density at radius 1 is 1.38 bits per heavy atom. The van der Waals surface area contributed by atoms with Crippen molar-refractivity contribution in [1.29, 1.82) is 0 Å². The summed E-state index contributed by atoms with van der Waals surface area (Å²) in [7, 11) is 1.66. The monoisotopic (exact) mass is 244 g/mol. The molecule has 0 bridgehead atoms. The fourth-order valence-electron chi connectivity index (χ4n) is 0.571. The van der Waals surface area contributed by atoms with Gasteiger partial charge in [-0.05, 0) is 24.3 Å². The van der Waals surface area contributed by atoms with E-state index < -0.39 is 0 Å². The summed E-state index contributed by atoms with van der Waals surface area (Å²) in [5.41, 5.74) is 0. The SMILES string of the molecule is CCC=O.COc1ccc(Br)cc1. The van der Waals surface area contributed by atoms with Crippen molar-refractivity contribution < 1.29 is 9.53 Å². The van der Waals surface area contributed by atoms with Gasteiger partial charge in [-0.1, -0.05) is 22.9 Å². The largest absolute Gasteiger partial charge is 0.497 e. The van der Waals surface area contributed by atoms with Crippen LogP contribution in [0.2, 0.25) is 0 Å². The van der Waals surface area contributed by atoms with E-state index in [0.717, 1.165) is 16.5 Å². The summed E-state index contributed by atoms with van der Waals surface area (Å²) in [5, 5.41) is 0. The number of benzene rings is 1. The minimum absolute atomic E-state index is 0.639. The molecule has 0 aliphatic heterocycles. The van der Waals surface area contributed by atoms with Crippen LogP contribution in [0.5, 0.6) is 5.75 Å². The van der Waals surface area contributed by atoms with Gasteiger partial charge in [0.2, 0.25) is 0 Å². The molecular weight excluding hydrogens is 232 g/mol. The Balaban J connectivity index is 0.000000310. The van der Waals surface area contributed by atoms with Crippen LogP contribution in [0.4, 0.5) is 0 Å². The van der Waals surface area contributed by atoms with Crippen LogP contribution in [0.15, 0.2) is 28.7 Å². The number of rotatable bonds is 2. The van der Waals surface area contributed by atoms with Crippen LogP contribution in [0.25, 0.3) is 0 Å². The molecule has 0 heterocycles. The van der Waals surface area contributed by atoms with Gasteiger partial charge in [0.1, 0.15) is 12.0 Å². The highest BCUT2D eigenvalue weighted by molar-refractivity contribution is 9.10. The molecule has 1 aromatic rings. The van der Waals surface area contributed by atoms with Gasteiger partial charge in [-0.3, -0.25) is 0 Å². The number of hydrogen-bond donors (Lipinski definition) is 0. The van der Waals surface area contributed by atoms with Gasteiger partial charge >= 0.3 is 0 Å². The van der Waals surface area contributed by atoms with Gasteiger partial charge in [-0.2, -0.15) is 0 Å². The summed E-state index contributed by atoms with van der Waals surface area (Å²) < 4.78 is 6.02. The van der Waals surface area contributed by atoms with Crippen molar-refractivity contribution in [3.63, 3.8) is 0 Å². The van der Waals surface area contributed by atoms with Crippen LogP contribution in [0.1, 0.15) is 13.3 Å². The van der Waals surface area contributed by atoms with Crippen molar-refractivity contribution in [2.75, 3.05) is 7.11 Å². The Kier molecular flexibility index (Phi) is 7.30. The number of ether oxygens (including phenoxy) is 1. The topological polar surface area (TPSA) is 26.3 Å². The van der Waals surface area contributed by atoms with E-state index in [-0.39, 0.29) is 0 Å². The average Bonchev–Trinajstić information content (AvgIpc) is 2.19. The summed E-state index contributed by atoms with van der Waals surface area (Å²) in [5.74, 6) is 0.887. The second-order valence-electron chi connectivity index (χ2n) is 2.23. The van der Waals surface area contributed by atoms with Crippen LogP contribution in [-0.4, -0.2) is 13.4 Å². The zero-order valence-corrected chi connectivity index (χ0v) is 9.37. The molecule has 0 fully saturated rings. The standard InChI is InChI=1S/C7H7BrO.C3H6O/c1-9-7-4-2-6(8)3-5-7;1-2-3-4/h2-5H,1H3;3H,2H2,1H3. The summed E-state index contributed by atoms with van der Waals surface area (Å²) in [6.07, 6.45) is 1.51. The molecule has 13 heavy (non-hydrogen) atoms. The van der Waals surface area contributed by atoms with Crippen molar-refractivity contribution in [1.82, 2.24) is 0 Å². The Morgan fingerprint density at radius 2 is 1.85 bits per heavy atom. The summed E-state index contributed by atoms with van der Waals surface area (Å²) in [4.78, 5) is 9.17. The Hall–Kier alpha value is -0.830. The molecule has 1 aromatic carbocycles. The predicted octanol–water partition coefficient (Wildman–Crippen LogP) is 3.05. The van der Waals surface area contributed by atoms with Gasteiger partial charge in [0.05, 0.1) is 7.11 Å². The molecular formula is C10H13BrO2. The van der Waals surface area contributed by atoms with Crippen LogP contribution in [0.3, 0.4) is 0 Å².